The Bertz CT molecular complexity index is 1020. The molecule has 2 aromatic rings. The third-order valence-electron chi connectivity index (χ3n) is 5.51. The van der Waals surface area contributed by atoms with E-state index in [-0.39, 0.29) is 18.3 Å². The van der Waals surface area contributed by atoms with Crippen LogP contribution in [0.1, 0.15) is 34.3 Å². The molecular weight excluding hydrogens is 400 g/mol. The smallest absolute Gasteiger partial charge is 0.302 e. The van der Waals surface area contributed by atoms with Crippen molar-refractivity contribution in [2.24, 2.45) is 5.92 Å². The van der Waals surface area contributed by atoms with Gasteiger partial charge in [0.05, 0.1) is 35.0 Å². The van der Waals surface area contributed by atoms with Crippen molar-refractivity contribution in [3.63, 3.8) is 0 Å². The number of esters is 1. The van der Waals surface area contributed by atoms with Crippen molar-refractivity contribution in [3.8, 4) is 23.0 Å². The van der Waals surface area contributed by atoms with E-state index in [2.05, 4.69) is 6.58 Å². The predicted molar refractivity (Wildman–Crippen MR) is 115 cm³/mol. The molecule has 0 aromatic heterocycles. The number of hydrogen-bond donors (Lipinski definition) is 0. The molecule has 0 bridgehead atoms. The highest BCUT2D eigenvalue weighted by Gasteiger charge is 2.40. The van der Waals surface area contributed by atoms with Gasteiger partial charge >= 0.3 is 5.97 Å². The summed E-state index contributed by atoms with van der Waals surface area (Å²) in [5.74, 6) is 0.649. The molecule has 2 aromatic carbocycles. The lowest BCUT2D eigenvalue weighted by atomic mass is 9.69. The second-order valence-electron chi connectivity index (χ2n) is 7.15. The molecule has 0 heterocycles. The Hall–Kier alpha value is -3.48. The summed E-state index contributed by atoms with van der Waals surface area (Å²) in [5.41, 5.74) is 2.43. The predicted octanol–water partition coefficient (Wildman–Crippen LogP) is 3.78. The van der Waals surface area contributed by atoms with Gasteiger partial charge in [-0.25, -0.2) is 0 Å². The maximum Gasteiger partial charge on any atom is 0.302 e. The van der Waals surface area contributed by atoms with E-state index >= 15 is 0 Å². The zero-order valence-electron chi connectivity index (χ0n) is 18.3. The molecule has 0 N–H and O–H groups in total. The van der Waals surface area contributed by atoms with Gasteiger partial charge in [0.1, 0.15) is 0 Å². The van der Waals surface area contributed by atoms with Crippen molar-refractivity contribution in [1.82, 2.24) is 0 Å². The molecule has 0 radical (unpaired) electrons. The Morgan fingerprint density at radius 1 is 0.903 bits per heavy atom. The van der Waals surface area contributed by atoms with Crippen molar-refractivity contribution >= 4 is 11.8 Å². The molecule has 1 aliphatic rings. The number of fused-ring (bicyclic) bond motifs is 1. The second kappa shape index (κ2) is 9.12. The fourth-order valence-corrected chi connectivity index (χ4v) is 3.97. The van der Waals surface area contributed by atoms with Crippen molar-refractivity contribution < 1.29 is 33.3 Å². The SMILES string of the molecule is C=C1C(=O)c2cc(OC)c(OC)cc2[C@@H](c2ccc(OC)c(OC)c2)[C@@H]1COC(C)=O. The number of rotatable bonds is 7. The molecule has 31 heavy (non-hydrogen) atoms. The average molecular weight is 426 g/mol. The average Bonchev–Trinajstić information content (AvgIpc) is 2.78. The fourth-order valence-electron chi connectivity index (χ4n) is 3.97. The van der Waals surface area contributed by atoms with Gasteiger partial charge in [0, 0.05) is 29.9 Å². The summed E-state index contributed by atoms with van der Waals surface area (Å²) in [4.78, 5) is 24.7. The van der Waals surface area contributed by atoms with Gasteiger partial charge < -0.3 is 23.7 Å². The minimum absolute atomic E-state index is 0.0205. The van der Waals surface area contributed by atoms with E-state index in [4.69, 9.17) is 23.7 Å². The zero-order chi connectivity index (χ0) is 22.7. The number of benzene rings is 2. The largest absolute Gasteiger partial charge is 0.493 e. The van der Waals surface area contributed by atoms with Crippen molar-refractivity contribution in [1.29, 1.82) is 0 Å². The molecule has 2 atom stereocenters. The topological polar surface area (TPSA) is 80.3 Å². The number of ketones is 1. The first-order chi connectivity index (χ1) is 14.9. The van der Waals surface area contributed by atoms with Gasteiger partial charge in [-0.3, -0.25) is 9.59 Å². The molecular formula is C24H26O7. The summed E-state index contributed by atoms with van der Waals surface area (Å²) in [6, 6.07) is 9.01. The highest BCUT2D eigenvalue weighted by Crippen LogP contribution is 2.47. The summed E-state index contributed by atoms with van der Waals surface area (Å²) < 4.78 is 27.0. The van der Waals surface area contributed by atoms with E-state index in [0.717, 1.165) is 11.1 Å². The van der Waals surface area contributed by atoms with Crippen LogP contribution in [0.2, 0.25) is 0 Å². The molecule has 0 unspecified atom stereocenters. The summed E-state index contributed by atoms with van der Waals surface area (Å²) in [5, 5.41) is 0. The lowest BCUT2D eigenvalue weighted by Crippen LogP contribution is -2.32. The Morgan fingerprint density at radius 3 is 2.06 bits per heavy atom. The van der Waals surface area contributed by atoms with E-state index in [1.807, 2.05) is 12.1 Å². The monoisotopic (exact) mass is 426 g/mol. The van der Waals surface area contributed by atoms with Crippen LogP contribution in [-0.2, 0) is 9.53 Å². The highest BCUT2D eigenvalue weighted by molar-refractivity contribution is 6.11. The van der Waals surface area contributed by atoms with Crippen molar-refractivity contribution in [3.05, 3.63) is 59.2 Å². The van der Waals surface area contributed by atoms with Gasteiger partial charge in [0.15, 0.2) is 28.8 Å². The number of carbonyl (C=O) groups is 2. The Morgan fingerprint density at radius 2 is 1.48 bits per heavy atom. The minimum atomic E-state index is -0.458. The van der Waals surface area contributed by atoms with Crippen LogP contribution < -0.4 is 18.9 Å². The summed E-state index contributed by atoms with van der Waals surface area (Å²) in [6.45, 7) is 5.39. The zero-order valence-corrected chi connectivity index (χ0v) is 18.3. The van der Waals surface area contributed by atoms with E-state index in [1.165, 1.54) is 21.1 Å². The number of ether oxygens (including phenoxy) is 5. The third kappa shape index (κ3) is 4.08. The molecule has 0 fully saturated rings. The first kappa shape index (κ1) is 22.2. The van der Waals surface area contributed by atoms with Crippen molar-refractivity contribution in [2.45, 2.75) is 12.8 Å². The van der Waals surface area contributed by atoms with Gasteiger partial charge in [0.25, 0.3) is 0 Å². The van der Waals surface area contributed by atoms with Gasteiger partial charge in [0.2, 0.25) is 0 Å². The van der Waals surface area contributed by atoms with E-state index in [0.29, 0.717) is 34.1 Å². The number of Topliss-reactive ketones (excluding diaryl/α,β-unsaturated/α-hetero) is 1. The van der Waals surface area contributed by atoms with Crippen LogP contribution in [0.25, 0.3) is 0 Å². The quantitative estimate of drug-likeness (QED) is 0.492. The maximum atomic E-state index is 13.2. The summed E-state index contributed by atoms with van der Waals surface area (Å²) >= 11 is 0. The molecule has 7 heteroatoms. The molecule has 1 aliphatic carbocycles. The highest BCUT2D eigenvalue weighted by atomic mass is 16.5. The van der Waals surface area contributed by atoms with Crippen LogP contribution >= 0.6 is 0 Å². The minimum Gasteiger partial charge on any atom is -0.493 e. The first-order valence-electron chi connectivity index (χ1n) is 9.70. The van der Waals surface area contributed by atoms with Crippen LogP contribution in [-0.4, -0.2) is 46.8 Å². The molecule has 0 aliphatic heterocycles. The normalized spacial score (nSPS) is 17.6. The van der Waals surface area contributed by atoms with Crippen LogP contribution in [0.5, 0.6) is 23.0 Å². The van der Waals surface area contributed by atoms with Gasteiger partial charge in [-0.2, -0.15) is 0 Å². The molecule has 0 amide bonds. The number of carbonyl (C=O) groups excluding carboxylic acids is 2. The van der Waals surface area contributed by atoms with E-state index in [1.54, 1.807) is 32.4 Å². The van der Waals surface area contributed by atoms with Crippen LogP contribution in [0.3, 0.4) is 0 Å². The van der Waals surface area contributed by atoms with Gasteiger partial charge in [-0.15, -0.1) is 0 Å². The molecule has 0 saturated heterocycles. The van der Waals surface area contributed by atoms with Gasteiger partial charge in [-0.1, -0.05) is 12.6 Å². The van der Waals surface area contributed by atoms with Crippen LogP contribution in [0, 0.1) is 5.92 Å². The molecule has 3 rings (SSSR count). The standard InChI is InChI=1S/C24H26O7/c1-13-18(12-31-14(2)25)23(15-7-8-19(27-3)20(9-15)28-4)16-10-21(29-5)22(30-6)11-17(16)24(13)26/h7-11,18,23H,1,12H2,2-6H3/t18-,23-/m1/s1. The summed E-state index contributed by atoms with van der Waals surface area (Å²) in [6.07, 6.45) is 0. The van der Waals surface area contributed by atoms with E-state index < -0.39 is 11.9 Å². The Kier molecular flexibility index (Phi) is 6.53. The van der Waals surface area contributed by atoms with E-state index in [9.17, 15) is 9.59 Å². The number of methoxy groups -OCH3 is 4. The van der Waals surface area contributed by atoms with Crippen molar-refractivity contribution in [2.75, 3.05) is 35.0 Å². The first-order valence-corrected chi connectivity index (χ1v) is 9.70. The van der Waals surface area contributed by atoms with Gasteiger partial charge in [-0.05, 0) is 35.4 Å². The fraction of sp³-hybridized carbons (Fsp3) is 0.333. The molecule has 0 saturated carbocycles. The Labute approximate surface area is 181 Å². The lowest BCUT2D eigenvalue weighted by molar-refractivity contribution is -0.142. The third-order valence-corrected chi connectivity index (χ3v) is 5.51. The summed E-state index contributed by atoms with van der Waals surface area (Å²) in [7, 11) is 6.18. The molecule has 0 spiro atoms. The molecule has 164 valence electrons. The lowest BCUT2D eigenvalue weighted by Gasteiger charge is -2.35. The Balaban J connectivity index is 2.25. The molecule has 7 nitrogen and oxygen atoms in total. The van der Waals surface area contributed by atoms with Crippen LogP contribution in [0.4, 0.5) is 0 Å². The second-order valence-corrected chi connectivity index (χ2v) is 7.15. The number of hydrogen-bond acceptors (Lipinski definition) is 7. The maximum absolute atomic E-state index is 13.2. The van der Waals surface area contributed by atoms with Crippen LogP contribution in [0.15, 0.2) is 42.5 Å².